The first kappa shape index (κ1) is 16.0. The first-order valence-electron chi connectivity index (χ1n) is 8.96. The predicted octanol–water partition coefficient (Wildman–Crippen LogP) is 6.11. The summed E-state index contributed by atoms with van der Waals surface area (Å²) < 4.78 is 0. The summed E-state index contributed by atoms with van der Waals surface area (Å²) in [6.45, 7) is 2.12. The summed E-state index contributed by atoms with van der Waals surface area (Å²) in [6.07, 6.45) is 6.49. The van der Waals surface area contributed by atoms with Crippen LogP contribution < -0.4 is 0 Å². The Kier molecular flexibility index (Phi) is 5.27. The average molecular weight is 306 g/mol. The van der Waals surface area contributed by atoms with Crippen molar-refractivity contribution in [1.29, 1.82) is 0 Å². The van der Waals surface area contributed by atoms with E-state index in [1.165, 1.54) is 30.4 Å². The molecule has 120 valence electrons. The fraction of sp³-hybridized carbons (Fsp3) is 0.409. The van der Waals surface area contributed by atoms with Crippen LogP contribution in [0.15, 0.2) is 54.6 Å². The highest BCUT2D eigenvalue weighted by Gasteiger charge is 2.26. The quantitative estimate of drug-likeness (QED) is 0.588. The predicted molar refractivity (Wildman–Crippen MR) is 96.1 cm³/mol. The van der Waals surface area contributed by atoms with Crippen molar-refractivity contribution < 1.29 is 4.79 Å². The van der Waals surface area contributed by atoms with E-state index in [4.69, 9.17) is 0 Å². The fourth-order valence-electron chi connectivity index (χ4n) is 3.74. The van der Waals surface area contributed by atoms with E-state index in [2.05, 4.69) is 49.4 Å². The van der Waals surface area contributed by atoms with Crippen molar-refractivity contribution in [2.75, 3.05) is 0 Å². The Morgan fingerprint density at radius 1 is 0.913 bits per heavy atom. The Morgan fingerprint density at radius 3 is 2.13 bits per heavy atom. The van der Waals surface area contributed by atoms with Crippen molar-refractivity contribution in [2.24, 2.45) is 0 Å². The number of unbranched alkanes of at least 4 members (excludes halogenated alkanes) is 1. The number of hydrogen-bond donors (Lipinski definition) is 0. The lowest BCUT2D eigenvalue weighted by molar-refractivity contribution is 0.0980. The molecule has 1 saturated carbocycles. The molecule has 1 heteroatoms. The van der Waals surface area contributed by atoms with E-state index >= 15 is 0 Å². The summed E-state index contributed by atoms with van der Waals surface area (Å²) >= 11 is 0. The van der Waals surface area contributed by atoms with Crippen LogP contribution in [0.3, 0.4) is 0 Å². The largest absolute Gasteiger partial charge is 0.294 e. The summed E-state index contributed by atoms with van der Waals surface area (Å²) in [5.41, 5.74) is 3.75. The molecule has 0 amide bonds. The fourth-order valence-corrected chi connectivity index (χ4v) is 3.74. The van der Waals surface area contributed by atoms with Crippen molar-refractivity contribution >= 4 is 5.78 Å². The molecule has 0 spiro atoms. The van der Waals surface area contributed by atoms with Crippen molar-refractivity contribution in [1.82, 2.24) is 0 Å². The van der Waals surface area contributed by atoms with E-state index in [1.54, 1.807) is 0 Å². The molecule has 0 N–H and O–H groups in total. The Balaban J connectivity index is 1.63. The molecule has 0 aromatic heterocycles. The van der Waals surface area contributed by atoms with Gasteiger partial charge in [0.05, 0.1) is 0 Å². The number of hydrogen-bond acceptors (Lipinski definition) is 1. The number of benzene rings is 2. The highest BCUT2D eigenvalue weighted by Crippen LogP contribution is 2.43. The second-order valence-corrected chi connectivity index (χ2v) is 6.77. The van der Waals surface area contributed by atoms with Gasteiger partial charge in [0.2, 0.25) is 0 Å². The molecule has 3 rings (SSSR count). The van der Waals surface area contributed by atoms with Gasteiger partial charge in [-0.25, -0.2) is 0 Å². The zero-order valence-electron chi connectivity index (χ0n) is 14.0. The zero-order valence-corrected chi connectivity index (χ0v) is 14.0. The van der Waals surface area contributed by atoms with E-state index in [9.17, 15) is 4.79 Å². The molecule has 0 saturated heterocycles. The lowest BCUT2D eigenvalue weighted by Crippen LogP contribution is -2.00. The van der Waals surface area contributed by atoms with Gasteiger partial charge in [-0.3, -0.25) is 4.79 Å². The number of Topliss-reactive ketones (excluding diaryl/α,β-unsaturated/α-hetero) is 1. The maximum absolute atomic E-state index is 12.1. The summed E-state index contributed by atoms with van der Waals surface area (Å²) in [5.74, 6) is 1.61. The van der Waals surface area contributed by atoms with E-state index < -0.39 is 0 Å². The van der Waals surface area contributed by atoms with Crippen LogP contribution in [0, 0.1) is 0 Å². The zero-order chi connectivity index (χ0) is 16.1. The minimum Gasteiger partial charge on any atom is -0.294 e. The molecule has 2 aromatic carbocycles. The van der Waals surface area contributed by atoms with Gasteiger partial charge in [-0.1, -0.05) is 67.9 Å². The third-order valence-corrected chi connectivity index (χ3v) is 5.17. The Labute approximate surface area is 139 Å². The van der Waals surface area contributed by atoms with Crippen molar-refractivity contribution in [2.45, 2.75) is 57.3 Å². The molecule has 1 aliphatic carbocycles. The van der Waals surface area contributed by atoms with E-state index in [0.717, 1.165) is 18.4 Å². The highest BCUT2D eigenvalue weighted by atomic mass is 16.1. The molecule has 0 aliphatic heterocycles. The van der Waals surface area contributed by atoms with Crippen LogP contribution in [0.25, 0.3) is 0 Å². The molecular weight excluding hydrogens is 280 g/mol. The summed E-state index contributed by atoms with van der Waals surface area (Å²) in [4.78, 5) is 12.1. The molecule has 0 bridgehead atoms. The first-order chi connectivity index (χ1) is 11.3. The van der Waals surface area contributed by atoms with E-state index in [0.29, 0.717) is 18.3 Å². The molecule has 2 atom stereocenters. The van der Waals surface area contributed by atoms with Crippen LogP contribution in [0.1, 0.15) is 78.8 Å². The minimum absolute atomic E-state index is 0.284. The third-order valence-electron chi connectivity index (χ3n) is 5.17. The SMILES string of the molecule is CCCCC(=O)c1ccc(C2CCC(c3ccccc3)C2)cc1. The van der Waals surface area contributed by atoms with Gasteiger partial charge in [0.25, 0.3) is 0 Å². The van der Waals surface area contributed by atoms with E-state index in [-0.39, 0.29) is 5.78 Å². The van der Waals surface area contributed by atoms with Gasteiger partial charge in [0.1, 0.15) is 0 Å². The summed E-state index contributed by atoms with van der Waals surface area (Å²) in [7, 11) is 0. The van der Waals surface area contributed by atoms with Crippen LogP contribution in [0.4, 0.5) is 0 Å². The number of ketones is 1. The van der Waals surface area contributed by atoms with Crippen LogP contribution in [-0.4, -0.2) is 5.78 Å². The number of rotatable bonds is 6. The average Bonchev–Trinajstić information content (AvgIpc) is 3.11. The molecule has 2 unspecified atom stereocenters. The third kappa shape index (κ3) is 3.90. The van der Waals surface area contributed by atoms with Crippen LogP contribution >= 0.6 is 0 Å². The maximum Gasteiger partial charge on any atom is 0.162 e. The number of carbonyl (C=O) groups is 1. The van der Waals surface area contributed by atoms with Crippen molar-refractivity contribution in [3.05, 3.63) is 71.3 Å². The van der Waals surface area contributed by atoms with Gasteiger partial charge in [-0.15, -0.1) is 0 Å². The van der Waals surface area contributed by atoms with Gasteiger partial charge in [-0.05, 0) is 48.6 Å². The van der Waals surface area contributed by atoms with Crippen molar-refractivity contribution in [3.8, 4) is 0 Å². The second-order valence-electron chi connectivity index (χ2n) is 6.77. The monoisotopic (exact) mass is 306 g/mol. The van der Waals surface area contributed by atoms with Crippen LogP contribution in [0.2, 0.25) is 0 Å². The maximum atomic E-state index is 12.1. The van der Waals surface area contributed by atoms with Crippen molar-refractivity contribution in [3.63, 3.8) is 0 Å². The molecule has 0 heterocycles. The molecule has 1 aliphatic rings. The smallest absolute Gasteiger partial charge is 0.162 e. The highest BCUT2D eigenvalue weighted by molar-refractivity contribution is 5.96. The molecule has 2 aromatic rings. The van der Waals surface area contributed by atoms with Gasteiger partial charge in [0, 0.05) is 12.0 Å². The first-order valence-corrected chi connectivity index (χ1v) is 8.96. The summed E-state index contributed by atoms with van der Waals surface area (Å²) in [5, 5.41) is 0. The Bertz CT molecular complexity index is 627. The normalized spacial score (nSPS) is 20.6. The lowest BCUT2D eigenvalue weighted by atomic mass is 9.92. The van der Waals surface area contributed by atoms with Gasteiger partial charge >= 0.3 is 0 Å². The topological polar surface area (TPSA) is 17.1 Å². The number of carbonyl (C=O) groups excluding carboxylic acids is 1. The Hall–Kier alpha value is -1.89. The molecule has 1 nitrogen and oxygen atoms in total. The second kappa shape index (κ2) is 7.59. The van der Waals surface area contributed by atoms with Gasteiger partial charge in [0.15, 0.2) is 5.78 Å². The standard InChI is InChI=1S/C22H26O/c1-2-3-9-22(23)19-12-10-18(11-13-19)21-15-14-20(16-21)17-7-5-4-6-8-17/h4-8,10-13,20-21H,2-3,9,14-16H2,1H3. The molecule has 1 fully saturated rings. The summed E-state index contributed by atoms with van der Waals surface area (Å²) in [6, 6.07) is 19.3. The van der Waals surface area contributed by atoms with Gasteiger partial charge < -0.3 is 0 Å². The van der Waals surface area contributed by atoms with Crippen LogP contribution in [0.5, 0.6) is 0 Å². The lowest BCUT2D eigenvalue weighted by Gasteiger charge is -2.13. The van der Waals surface area contributed by atoms with Crippen LogP contribution in [-0.2, 0) is 0 Å². The minimum atomic E-state index is 0.284. The Morgan fingerprint density at radius 2 is 1.52 bits per heavy atom. The van der Waals surface area contributed by atoms with E-state index in [1.807, 2.05) is 12.1 Å². The molecule has 23 heavy (non-hydrogen) atoms. The molecule has 0 radical (unpaired) electrons. The molecular formula is C22H26O. The van der Waals surface area contributed by atoms with Gasteiger partial charge in [-0.2, -0.15) is 0 Å².